The molecule has 31 heavy (non-hydrogen) atoms. The number of aromatic carboxylic acids is 1. The lowest BCUT2D eigenvalue weighted by molar-refractivity contribution is 0.0698. The highest BCUT2D eigenvalue weighted by Crippen LogP contribution is 2.25. The molecule has 0 aliphatic rings. The van der Waals surface area contributed by atoms with E-state index in [2.05, 4.69) is 20.5 Å². The van der Waals surface area contributed by atoms with E-state index in [1.54, 1.807) is 36.0 Å². The lowest BCUT2D eigenvalue weighted by atomic mass is 9.92. The van der Waals surface area contributed by atoms with Crippen LogP contribution < -0.4 is 5.32 Å². The fourth-order valence-corrected chi connectivity index (χ4v) is 3.26. The molecule has 4 aromatic rings. The summed E-state index contributed by atoms with van der Waals surface area (Å²) in [6, 6.07) is 10.8. The number of nitrogens with zero attached hydrogens (tertiary/aromatic N) is 5. The van der Waals surface area contributed by atoms with E-state index in [4.69, 9.17) is 0 Å². The first-order valence-electron chi connectivity index (χ1n) is 9.67. The maximum Gasteiger partial charge on any atom is 0.341 e. The Labute approximate surface area is 178 Å². The molecule has 1 amide bonds. The SMILES string of the molecule is Cn1nc(C(C)(C)C)cc1C(=O)Nc1cccc(-c2ccnc3c(C(=O)O)cnn23)c1. The Kier molecular flexibility index (Phi) is 4.81. The first-order chi connectivity index (χ1) is 14.6. The van der Waals surface area contributed by atoms with Crippen molar-refractivity contribution in [2.24, 2.45) is 7.05 Å². The normalized spacial score (nSPS) is 11.6. The Morgan fingerprint density at radius 1 is 1.13 bits per heavy atom. The number of benzene rings is 1. The number of hydrogen-bond acceptors (Lipinski definition) is 5. The summed E-state index contributed by atoms with van der Waals surface area (Å²) in [5, 5.41) is 20.8. The zero-order chi connectivity index (χ0) is 22.3. The molecule has 0 aliphatic carbocycles. The third-order valence-corrected chi connectivity index (χ3v) is 4.93. The summed E-state index contributed by atoms with van der Waals surface area (Å²) in [6.07, 6.45) is 2.81. The maximum absolute atomic E-state index is 12.8. The summed E-state index contributed by atoms with van der Waals surface area (Å²) >= 11 is 0. The van der Waals surface area contributed by atoms with Gasteiger partial charge >= 0.3 is 5.97 Å². The predicted molar refractivity (Wildman–Crippen MR) is 115 cm³/mol. The van der Waals surface area contributed by atoms with Gasteiger partial charge in [0.2, 0.25) is 0 Å². The highest BCUT2D eigenvalue weighted by Gasteiger charge is 2.22. The molecule has 0 aliphatic heterocycles. The smallest absolute Gasteiger partial charge is 0.341 e. The van der Waals surface area contributed by atoms with Crippen LogP contribution in [0.3, 0.4) is 0 Å². The number of carboxylic acid groups (broad SMARTS) is 1. The van der Waals surface area contributed by atoms with Crippen molar-refractivity contribution in [2.45, 2.75) is 26.2 Å². The van der Waals surface area contributed by atoms with Gasteiger partial charge in [-0.2, -0.15) is 10.2 Å². The zero-order valence-corrected chi connectivity index (χ0v) is 17.6. The quantitative estimate of drug-likeness (QED) is 0.525. The van der Waals surface area contributed by atoms with Crippen LogP contribution in [-0.4, -0.2) is 41.4 Å². The van der Waals surface area contributed by atoms with Crippen molar-refractivity contribution in [3.05, 3.63) is 65.7 Å². The van der Waals surface area contributed by atoms with Crippen molar-refractivity contribution in [1.29, 1.82) is 0 Å². The van der Waals surface area contributed by atoms with Crippen molar-refractivity contribution in [1.82, 2.24) is 24.4 Å². The Bertz CT molecular complexity index is 1310. The fraction of sp³-hybridized carbons (Fsp3) is 0.227. The van der Waals surface area contributed by atoms with Gasteiger partial charge in [0, 0.05) is 29.9 Å². The molecular weight excluding hydrogens is 396 g/mol. The van der Waals surface area contributed by atoms with Crippen LogP contribution in [0.25, 0.3) is 16.9 Å². The summed E-state index contributed by atoms with van der Waals surface area (Å²) < 4.78 is 3.05. The van der Waals surface area contributed by atoms with E-state index in [-0.39, 0.29) is 22.5 Å². The predicted octanol–water partition coefficient (Wildman–Crippen LogP) is 3.38. The molecule has 0 bridgehead atoms. The van der Waals surface area contributed by atoms with Gasteiger partial charge in [0.25, 0.3) is 5.91 Å². The van der Waals surface area contributed by atoms with Crippen molar-refractivity contribution in [3.63, 3.8) is 0 Å². The lowest BCUT2D eigenvalue weighted by Gasteiger charge is -2.13. The minimum absolute atomic E-state index is 0.0252. The van der Waals surface area contributed by atoms with Crippen LogP contribution in [-0.2, 0) is 12.5 Å². The van der Waals surface area contributed by atoms with E-state index in [0.717, 1.165) is 11.3 Å². The van der Waals surface area contributed by atoms with Gasteiger partial charge in [-0.25, -0.2) is 14.3 Å². The van der Waals surface area contributed by atoms with E-state index in [1.807, 2.05) is 32.9 Å². The number of aryl methyl sites for hydroxylation is 1. The van der Waals surface area contributed by atoms with E-state index in [0.29, 0.717) is 17.1 Å². The molecule has 9 nitrogen and oxygen atoms in total. The molecule has 0 spiro atoms. The highest BCUT2D eigenvalue weighted by atomic mass is 16.4. The van der Waals surface area contributed by atoms with Crippen LogP contribution in [0, 0.1) is 0 Å². The highest BCUT2D eigenvalue weighted by molar-refractivity contribution is 6.03. The lowest BCUT2D eigenvalue weighted by Crippen LogP contribution is -2.16. The number of rotatable bonds is 4. The number of anilines is 1. The molecule has 9 heteroatoms. The molecule has 2 N–H and O–H groups in total. The van der Waals surface area contributed by atoms with Crippen molar-refractivity contribution < 1.29 is 14.7 Å². The molecule has 0 fully saturated rings. The fourth-order valence-electron chi connectivity index (χ4n) is 3.26. The third kappa shape index (κ3) is 3.77. The summed E-state index contributed by atoms with van der Waals surface area (Å²) in [6.45, 7) is 6.13. The number of fused-ring (bicyclic) bond motifs is 1. The summed E-state index contributed by atoms with van der Waals surface area (Å²) in [4.78, 5) is 28.4. The Hall–Kier alpha value is -4.01. The number of nitrogens with one attached hydrogen (secondary N) is 1. The van der Waals surface area contributed by atoms with E-state index in [9.17, 15) is 14.7 Å². The largest absolute Gasteiger partial charge is 0.477 e. The number of carbonyl (C=O) groups is 2. The Balaban J connectivity index is 1.66. The number of amides is 1. The van der Waals surface area contributed by atoms with Crippen molar-refractivity contribution in [2.75, 3.05) is 5.32 Å². The van der Waals surface area contributed by atoms with Gasteiger partial charge in [0.05, 0.1) is 17.6 Å². The summed E-state index contributed by atoms with van der Waals surface area (Å²) in [7, 11) is 1.74. The average Bonchev–Trinajstić information content (AvgIpc) is 3.31. The van der Waals surface area contributed by atoms with Gasteiger partial charge in [0.1, 0.15) is 11.3 Å². The molecule has 3 heterocycles. The number of carboxylic acids is 1. The van der Waals surface area contributed by atoms with Gasteiger partial charge < -0.3 is 10.4 Å². The molecule has 0 unspecified atom stereocenters. The van der Waals surface area contributed by atoms with Crippen molar-refractivity contribution >= 4 is 23.2 Å². The van der Waals surface area contributed by atoms with Crippen LogP contribution in [0.5, 0.6) is 0 Å². The minimum Gasteiger partial charge on any atom is -0.477 e. The molecule has 0 atom stereocenters. The van der Waals surface area contributed by atoms with Crippen molar-refractivity contribution in [3.8, 4) is 11.3 Å². The molecular formula is C22H22N6O3. The number of carbonyl (C=O) groups excluding carboxylic acids is 1. The van der Waals surface area contributed by atoms with Gasteiger partial charge in [-0.3, -0.25) is 9.48 Å². The maximum atomic E-state index is 12.8. The Morgan fingerprint density at radius 3 is 2.58 bits per heavy atom. The van der Waals surface area contributed by atoms with Crippen LogP contribution in [0.1, 0.15) is 47.3 Å². The van der Waals surface area contributed by atoms with Crippen LogP contribution in [0.2, 0.25) is 0 Å². The second-order valence-electron chi connectivity index (χ2n) is 8.25. The van der Waals surface area contributed by atoms with Gasteiger partial charge in [-0.15, -0.1) is 0 Å². The average molecular weight is 418 g/mol. The molecule has 4 rings (SSSR count). The topological polar surface area (TPSA) is 114 Å². The number of hydrogen-bond donors (Lipinski definition) is 2. The third-order valence-electron chi connectivity index (χ3n) is 4.93. The van der Waals surface area contributed by atoms with Gasteiger partial charge in [-0.05, 0) is 24.3 Å². The van der Waals surface area contributed by atoms with Crippen LogP contribution >= 0.6 is 0 Å². The molecule has 0 saturated carbocycles. The van der Waals surface area contributed by atoms with Crippen LogP contribution in [0.4, 0.5) is 5.69 Å². The molecule has 158 valence electrons. The second kappa shape index (κ2) is 7.35. The van der Waals surface area contributed by atoms with Gasteiger partial charge in [0.15, 0.2) is 5.65 Å². The van der Waals surface area contributed by atoms with Crippen LogP contribution in [0.15, 0.2) is 48.8 Å². The van der Waals surface area contributed by atoms with E-state index in [1.165, 1.54) is 16.9 Å². The van der Waals surface area contributed by atoms with Gasteiger partial charge in [-0.1, -0.05) is 32.9 Å². The monoisotopic (exact) mass is 418 g/mol. The molecule has 0 radical (unpaired) electrons. The molecule has 1 aromatic carbocycles. The summed E-state index contributed by atoms with van der Waals surface area (Å²) in [5.74, 6) is -1.36. The second-order valence-corrected chi connectivity index (χ2v) is 8.25. The first-order valence-corrected chi connectivity index (χ1v) is 9.67. The minimum atomic E-state index is -1.09. The van der Waals surface area contributed by atoms with E-state index >= 15 is 0 Å². The molecule has 0 saturated heterocycles. The molecule has 3 aromatic heterocycles. The van der Waals surface area contributed by atoms with E-state index < -0.39 is 5.97 Å². The number of aromatic nitrogens is 5. The zero-order valence-electron chi connectivity index (χ0n) is 17.6. The first kappa shape index (κ1) is 20.3. The Morgan fingerprint density at radius 2 is 1.90 bits per heavy atom. The summed E-state index contributed by atoms with van der Waals surface area (Å²) in [5.41, 5.74) is 3.41. The standard InChI is InChI=1S/C22H22N6O3/c1-22(2,3)18-11-17(27(4)26-18)20(29)25-14-7-5-6-13(10-14)16-8-9-23-19-15(21(30)31)12-24-28(16)19/h5-12H,1-4H3,(H,25,29)(H,30,31).